The van der Waals surface area contributed by atoms with Crippen molar-refractivity contribution in [1.82, 2.24) is 9.55 Å². The SMILES string of the molecule is CCC1(Cn2ccncc2=O)CCC1. The summed E-state index contributed by atoms with van der Waals surface area (Å²) in [5.41, 5.74) is 0.415. The van der Waals surface area contributed by atoms with Crippen molar-refractivity contribution in [3.8, 4) is 0 Å². The van der Waals surface area contributed by atoms with Crippen LogP contribution in [0.3, 0.4) is 0 Å². The molecule has 1 fully saturated rings. The summed E-state index contributed by atoms with van der Waals surface area (Å²) in [6, 6.07) is 0. The maximum atomic E-state index is 11.5. The first-order valence-electron chi connectivity index (χ1n) is 5.26. The van der Waals surface area contributed by atoms with Crippen LogP contribution in [0.15, 0.2) is 23.4 Å². The third-order valence-electron chi connectivity index (χ3n) is 3.47. The molecule has 0 aromatic carbocycles. The molecule has 0 spiro atoms. The highest BCUT2D eigenvalue weighted by atomic mass is 16.1. The van der Waals surface area contributed by atoms with Crippen molar-refractivity contribution in [2.45, 2.75) is 39.2 Å². The Morgan fingerprint density at radius 3 is 2.86 bits per heavy atom. The normalized spacial score (nSPS) is 18.9. The number of hydrogen-bond acceptors (Lipinski definition) is 2. The average Bonchev–Trinajstić information content (AvgIpc) is 2.14. The van der Waals surface area contributed by atoms with Crippen LogP contribution in [0.5, 0.6) is 0 Å². The van der Waals surface area contributed by atoms with E-state index in [-0.39, 0.29) is 5.56 Å². The van der Waals surface area contributed by atoms with Gasteiger partial charge in [0, 0.05) is 18.9 Å². The molecule has 0 saturated heterocycles. The maximum Gasteiger partial charge on any atom is 0.269 e. The van der Waals surface area contributed by atoms with Crippen LogP contribution in [-0.4, -0.2) is 9.55 Å². The fourth-order valence-electron chi connectivity index (χ4n) is 2.17. The van der Waals surface area contributed by atoms with Crippen LogP contribution in [-0.2, 0) is 6.54 Å². The highest BCUT2D eigenvalue weighted by molar-refractivity contribution is 4.90. The van der Waals surface area contributed by atoms with Crippen molar-refractivity contribution in [3.63, 3.8) is 0 Å². The minimum absolute atomic E-state index is 0.0206. The van der Waals surface area contributed by atoms with Gasteiger partial charge in [-0.3, -0.25) is 9.78 Å². The van der Waals surface area contributed by atoms with Crippen molar-refractivity contribution < 1.29 is 0 Å². The minimum atomic E-state index is 0.0206. The van der Waals surface area contributed by atoms with Crippen LogP contribution in [0, 0.1) is 5.41 Å². The van der Waals surface area contributed by atoms with E-state index in [0.717, 1.165) is 6.54 Å². The second kappa shape index (κ2) is 3.56. The fourth-order valence-corrected chi connectivity index (χ4v) is 2.17. The van der Waals surface area contributed by atoms with Crippen molar-refractivity contribution in [2.75, 3.05) is 0 Å². The van der Waals surface area contributed by atoms with Gasteiger partial charge in [0.25, 0.3) is 5.56 Å². The Kier molecular flexibility index (Phi) is 2.40. The van der Waals surface area contributed by atoms with E-state index in [0.29, 0.717) is 5.41 Å². The van der Waals surface area contributed by atoms with Crippen LogP contribution in [0.4, 0.5) is 0 Å². The first-order chi connectivity index (χ1) is 6.76. The second-order valence-corrected chi connectivity index (χ2v) is 4.25. The molecule has 1 aromatic heterocycles. The van der Waals surface area contributed by atoms with Crippen LogP contribution < -0.4 is 5.56 Å². The summed E-state index contributed by atoms with van der Waals surface area (Å²) in [5.74, 6) is 0. The van der Waals surface area contributed by atoms with Crippen LogP contribution >= 0.6 is 0 Å². The highest BCUT2D eigenvalue weighted by Gasteiger charge is 2.35. The summed E-state index contributed by atoms with van der Waals surface area (Å²) in [6.07, 6.45) is 9.87. The maximum absolute atomic E-state index is 11.5. The van der Waals surface area contributed by atoms with Crippen molar-refractivity contribution in [3.05, 3.63) is 28.9 Å². The first kappa shape index (κ1) is 9.44. The lowest BCUT2D eigenvalue weighted by atomic mass is 9.67. The Balaban J connectivity index is 2.18. The summed E-state index contributed by atoms with van der Waals surface area (Å²) in [4.78, 5) is 15.3. The van der Waals surface area contributed by atoms with E-state index in [1.165, 1.54) is 31.9 Å². The van der Waals surface area contributed by atoms with Gasteiger partial charge in [-0.2, -0.15) is 0 Å². The van der Waals surface area contributed by atoms with Gasteiger partial charge in [0.1, 0.15) is 0 Å². The van der Waals surface area contributed by atoms with E-state index < -0.39 is 0 Å². The van der Waals surface area contributed by atoms with Crippen molar-refractivity contribution >= 4 is 0 Å². The molecule has 3 heteroatoms. The molecule has 0 atom stereocenters. The number of nitrogens with zero attached hydrogens (tertiary/aromatic N) is 2. The molecular formula is C11H16N2O. The monoisotopic (exact) mass is 192 g/mol. The van der Waals surface area contributed by atoms with Crippen molar-refractivity contribution in [1.29, 1.82) is 0 Å². The molecule has 1 aliphatic carbocycles. The van der Waals surface area contributed by atoms with E-state index in [4.69, 9.17) is 0 Å². The van der Waals surface area contributed by atoms with Crippen LogP contribution in [0.2, 0.25) is 0 Å². The highest BCUT2D eigenvalue weighted by Crippen LogP contribution is 2.44. The third-order valence-corrected chi connectivity index (χ3v) is 3.47. The molecule has 1 heterocycles. The topological polar surface area (TPSA) is 34.9 Å². The Labute approximate surface area is 83.8 Å². The number of aromatic nitrogens is 2. The van der Waals surface area contributed by atoms with E-state index in [1.54, 1.807) is 17.0 Å². The number of rotatable bonds is 3. The summed E-state index contributed by atoms with van der Waals surface area (Å²) in [5, 5.41) is 0. The minimum Gasteiger partial charge on any atom is -0.312 e. The lowest BCUT2D eigenvalue weighted by molar-refractivity contribution is 0.0987. The Bertz CT molecular complexity index is 360. The van der Waals surface area contributed by atoms with Crippen molar-refractivity contribution in [2.24, 2.45) is 5.41 Å². The first-order valence-corrected chi connectivity index (χ1v) is 5.26. The largest absolute Gasteiger partial charge is 0.312 e. The molecule has 0 unspecified atom stereocenters. The van der Waals surface area contributed by atoms with E-state index >= 15 is 0 Å². The van der Waals surface area contributed by atoms with Gasteiger partial charge in [0.05, 0.1) is 6.20 Å². The van der Waals surface area contributed by atoms with Gasteiger partial charge < -0.3 is 4.57 Å². The standard InChI is InChI=1S/C11H16N2O/c1-2-11(4-3-5-11)9-13-7-6-12-8-10(13)14/h6-8H,2-5,9H2,1H3. The van der Waals surface area contributed by atoms with Gasteiger partial charge in [-0.15, -0.1) is 0 Å². The lowest BCUT2D eigenvalue weighted by Crippen LogP contribution is -2.36. The zero-order valence-electron chi connectivity index (χ0n) is 8.57. The molecule has 0 N–H and O–H groups in total. The molecule has 0 amide bonds. The van der Waals surface area contributed by atoms with Crippen LogP contribution in [0.1, 0.15) is 32.6 Å². The molecule has 1 saturated carbocycles. The summed E-state index contributed by atoms with van der Waals surface area (Å²) in [6.45, 7) is 3.08. The van der Waals surface area contributed by atoms with Gasteiger partial charge >= 0.3 is 0 Å². The van der Waals surface area contributed by atoms with E-state index in [2.05, 4.69) is 11.9 Å². The molecule has 14 heavy (non-hydrogen) atoms. The molecule has 1 aliphatic rings. The zero-order chi connectivity index (χ0) is 10.0. The molecule has 0 radical (unpaired) electrons. The molecule has 1 aromatic rings. The van der Waals surface area contributed by atoms with Gasteiger partial charge in [-0.25, -0.2) is 0 Å². The summed E-state index contributed by atoms with van der Waals surface area (Å²) in [7, 11) is 0. The van der Waals surface area contributed by atoms with E-state index in [1.807, 2.05) is 0 Å². The lowest BCUT2D eigenvalue weighted by Gasteiger charge is -2.41. The summed E-state index contributed by atoms with van der Waals surface area (Å²) < 4.78 is 1.79. The number of hydrogen-bond donors (Lipinski definition) is 0. The average molecular weight is 192 g/mol. The molecule has 2 rings (SSSR count). The molecular weight excluding hydrogens is 176 g/mol. The summed E-state index contributed by atoms with van der Waals surface area (Å²) >= 11 is 0. The van der Waals surface area contributed by atoms with Crippen LogP contribution in [0.25, 0.3) is 0 Å². The molecule has 76 valence electrons. The smallest absolute Gasteiger partial charge is 0.269 e. The fraction of sp³-hybridized carbons (Fsp3) is 0.636. The predicted octanol–water partition coefficient (Wildman–Crippen LogP) is 1.82. The molecule has 0 aliphatic heterocycles. The Hall–Kier alpha value is -1.12. The molecule has 0 bridgehead atoms. The quantitative estimate of drug-likeness (QED) is 0.732. The third kappa shape index (κ3) is 1.59. The molecule has 3 nitrogen and oxygen atoms in total. The Morgan fingerprint density at radius 1 is 1.57 bits per heavy atom. The zero-order valence-corrected chi connectivity index (χ0v) is 8.57. The predicted molar refractivity (Wildman–Crippen MR) is 55.1 cm³/mol. The Morgan fingerprint density at radius 2 is 2.36 bits per heavy atom. The second-order valence-electron chi connectivity index (χ2n) is 4.25. The van der Waals surface area contributed by atoms with Gasteiger partial charge in [-0.1, -0.05) is 13.3 Å². The van der Waals surface area contributed by atoms with E-state index in [9.17, 15) is 4.79 Å². The van der Waals surface area contributed by atoms with Gasteiger partial charge in [0.2, 0.25) is 0 Å². The van der Waals surface area contributed by atoms with Gasteiger partial charge in [0.15, 0.2) is 0 Å². The van der Waals surface area contributed by atoms with Gasteiger partial charge in [-0.05, 0) is 24.7 Å².